The van der Waals surface area contributed by atoms with E-state index in [1.54, 1.807) is 4.90 Å². The van der Waals surface area contributed by atoms with Crippen molar-refractivity contribution in [3.63, 3.8) is 0 Å². The molecule has 1 atom stereocenters. The second kappa shape index (κ2) is 7.70. The number of likely N-dealkylation sites (tertiary alicyclic amines) is 1. The summed E-state index contributed by atoms with van der Waals surface area (Å²) in [7, 11) is 0. The minimum Gasteiger partial charge on any atom is -0.480 e. The number of halogens is 1. The molecule has 19 heavy (non-hydrogen) atoms. The normalized spacial score (nSPS) is 24.7. The summed E-state index contributed by atoms with van der Waals surface area (Å²) in [5.74, 6) is -0.821. The number of nitrogens with one attached hydrogen (secondary N) is 1. The molecular formula is C13H23ClN2O3. The third-order valence-corrected chi connectivity index (χ3v) is 3.97. The molecular weight excluding hydrogens is 268 g/mol. The molecule has 0 spiro atoms. The molecule has 2 rings (SSSR count). The van der Waals surface area contributed by atoms with E-state index in [0.29, 0.717) is 12.5 Å². The number of aliphatic carboxylic acids is 1. The highest BCUT2D eigenvalue weighted by atomic mass is 35.5. The van der Waals surface area contributed by atoms with E-state index >= 15 is 0 Å². The van der Waals surface area contributed by atoms with Gasteiger partial charge in [0, 0.05) is 6.04 Å². The van der Waals surface area contributed by atoms with Crippen LogP contribution in [0.4, 0.5) is 0 Å². The monoisotopic (exact) mass is 290 g/mol. The van der Waals surface area contributed by atoms with Gasteiger partial charge in [-0.05, 0) is 32.2 Å². The molecule has 1 unspecified atom stereocenters. The first-order chi connectivity index (χ1) is 8.66. The van der Waals surface area contributed by atoms with Crippen molar-refractivity contribution in [2.24, 2.45) is 0 Å². The summed E-state index contributed by atoms with van der Waals surface area (Å²) in [4.78, 5) is 24.8. The Hall–Kier alpha value is -0.810. The van der Waals surface area contributed by atoms with Gasteiger partial charge in [-0.2, -0.15) is 0 Å². The lowest BCUT2D eigenvalue weighted by molar-refractivity contribution is -0.145. The zero-order valence-corrected chi connectivity index (χ0v) is 12.0. The molecule has 5 nitrogen and oxygen atoms in total. The van der Waals surface area contributed by atoms with E-state index in [1.807, 2.05) is 0 Å². The molecule has 110 valence electrons. The van der Waals surface area contributed by atoms with Crippen molar-refractivity contribution < 1.29 is 14.7 Å². The van der Waals surface area contributed by atoms with Crippen LogP contribution in [0.1, 0.15) is 44.9 Å². The first kappa shape index (κ1) is 16.2. The molecule has 1 amide bonds. The van der Waals surface area contributed by atoms with Crippen LogP contribution in [0.5, 0.6) is 0 Å². The van der Waals surface area contributed by atoms with Gasteiger partial charge in [0.25, 0.3) is 0 Å². The van der Waals surface area contributed by atoms with Gasteiger partial charge in [-0.3, -0.25) is 14.5 Å². The summed E-state index contributed by atoms with van der Waals surface area (Å²) in [5.41, 5.74) is 0. The minimum absolute atomic E-state index is 0. The summed E-state index contributed by atoms with van der Waals surface area (Å²) < 4.78 is 0. The molecule has 0 radical (unpaired) electrons. The molecule has 0 aromatic heterocycles. The van der Waals surface area contributed by atoms with Crippen molar-refractivity contribution in [1.82, 2.24) is 10.2 Å². The number of piperidine rings is 1. The molecule has 1 aliphatic carbocycles. The fraction of sp³-hybridized carbons (Fsp3) is 0.846. The van der Waals surface area contributed by atoms with Gasteiger partial charge in [-0.1, -0.05) is 19.3 Å². The standard InChI is InChI=1S/C13H22N2O3.ClH/c16-12(14-10-5-1-2-6-10)9-15-8-4-3-7-11(15)13(17)18;/h10-11H,1-9H2,(H,14,16)(H,17,18);1H. The minimum atomic E-state index is -0.802. The molecule has 1 saturated carbocycles. The summed E-state index contributed by atoms with van der Waals surface area (Å²) in [5, 5.41) is 12.1. The molecule has 2 fully saturated rings. The molecule has 0 aromatic carbocycles. The SMILES string of the molecule is Cl.O=C(CN1CCCCC1C(=O)O)NC1CCCC1. The Bertz CT molecular complexity index is 319. The van der Waals surface area contributed by atoms with Gasteiger partial charge in [0.1, 0.15) is 6.04 Å². The van der Waals surface area contributed by atoms with Crippen LogP contribution in [0, 0.1) is 0 Å². The maximum Gasteiger partial charge on any atom is 0.320 e. The highest BCUT2D eigenvalue weighted by molar-refractivity contribution is 5.85. The van der Waals surface area contributed by atoms with Gasteiger partial charge in [0.15, 0.2) is 0 Å². The van der Waals surface area contributed by atoms with Crippen molar-refractivity contribution in [2.45, 2.75) is 57.0 Å². The number of carboxylic acids is 1. The molecule has 0 aromatic rings. The van der Waals surface area contributed by atoms with Gasteiger partial charge in [0.05, 0.1) is 6.54 Å². The Labute approximate surface area is 120 Å². The number of hydrogen-bond acceptors (Lipinski definition) is 3. The number of carbonyl (C=O) groups is 2. The highest BCUT2D eigenvalue weighted by Crippen LogP contribution is 2.19. The van der Waals surface area contributed by atoms with Crippen LogP contribution in [0.2, 0.25) is 0 Å². The topological polar surface area (TPSA) is 69.6 Å². The van der Waals surface area contributed by atoms with E-state index in [1.165, 1.54) is 12.8 Å². The Morgan fingerprint density at radius 1 is 1.11 bits per heavy atom. The molecule has 6 heteroatoms. The molecule has 2 aliphatic rings. The Morgan fingerprint density at radius 3 is 2.37 bits per heavy atom. The molecule has 1 saturated heterocycles. The molecule has 0 bridgehead atoms. The van der Waals surface area contributed by atoms with Gasteiger partial charge in [-0.25, -0.2) is 0 Å². The van der Waals surface area contributed by atoms with E-state index in [9.17, 15) is 9.59 Å². The number of hydrogen-bond donors (Lipinski definition) is 2. The first-order valence-corrected chi connectivity index (χ1v) is 6.93. The van der Waals surface area contributed by atoms with Crippen molar-refractivity contribution in [3.8, 4) is 0 Å². The first-order valence-electron chi connectivity index (χ1n) is 6.93. The number of carbonyl (C=O) groups excluding carboxylic acids is 1. The van der Waals surface area contributed by atoms with Crippen LogP contribution < -0.4 is 5.32 Å². The van der Waals surface area contributed by atoms with Crippen LogP contribution in [-0.2, 0) is 9.59 Å². The van der Waals surface area contributed by atoms with Crippen LogP contribution in [0.3, 0.4) is 0 Å². The number of carboxylic acid groups (broad SMARTS) is 1. The predicted octanol–water partition coefficient (Wildman–Crippen LogP) is 1.41. The zero-order valence-electron chi connectivity index (χ0n) is 11.1. The van der Waals surface area contributed by atoms with Crippen LogP contribution >= 0.6 is 12.4 Å². The fourth-order valence-corrected chi connectivity index (χ4v) is 2.99. The van der Waals surface area contributed by atoms with Crippen LogP contribution in [0.25, 0.3) is 0 Å². The van der Waals surface area contributed by atoms with E-state index < -0.39 is 12.0 Å². The highest BCUT2D eigenvalue weighted by Gasteiger charge is 2.30. The van der Waals surface area contributed by atoms with E-state index in [4.69, 9.17) is 5.11 Å². The van der Waals surface area contributed by atoms with E-state index in [-0.39, 0.29) is 24.9 Å². The second-order valence-electron chi connectivity index (χ2n) is 5.37. The van der Waals surface area contributed by atoms with Crippen molar-refractivity contribution in [3.05, 3.63) is 0 Å². The number of rotatable bonds is 4. The van der Waals surface area contributed by atoms with Gasteiger partial charge >= 0.3 is 5.97 Å². The summed E-state index contributed by atoms with van der Waals surface area (Å²) >= 11 is 0. The lowest BCUT2D eigenvalue weighted by Crippen LogP contribution is -2.50. The van der Waals surface area contributed by atoms with Gasteiger partial charge in [-0.15, -0.1) is 12.4 Å². The fourth-order valence-electron chi connectivity index (χ4n) is 2.99. The summed E-state index contributed by atoms with van der Waals surface area (Å²) in [6, 6.07) is -0.168. The average Bonchev–Trinajstić information content (AvgIpc) is 2.82. The van der Waals surface area contributed by atoms with Crippen molar-refractivity contribution in [2.75, 3.05) is 13.1 Å². The molecule has 1 aliphatic heterocycles. The maximum absolute atomic E-state index is 11.9. The lowest BCUT2D eigenvalue weighted by atomic mass is 10.0. The largest absolute Gasteiger partial charge is 0.480 e. The summed E-state index contributed by atoms with van der Waals surface area (Å²) in [6.45, 7) is 0.947. The Balaban J connectivity index is 0.00000180. The number of amides is 1. The van der Waals surface area contributed by atoms with Crippen molar-refractivity contribution >= 4 is 24.3 Å². The van der Waals surface area contributed by atoms with Crippen LogP contribution in [0.15, 0.2) is 0 Å². The number of nitrogens with zero attached hydrogens (tertiary/aromatic N) is 1. The van der Waals surface area contributed by atoms with E-state index in [2.05, 4.69) is 5.32 Å². The quantitative estimate of drug-likeness (QED) is 0.821. The smallest absolute Gasteiger partial charge is 0.320 e. The maximum atomic E-state index is 11.9. The summed E-state index contributed by atoms with van der Waals surface area (Å²) in [6.07, 6.45) is 7.09. The lowest BCUT2D eigenvalue weighted by Gasteiger charge is -2.32. The second-order valence-corrected chi connectivity index (χ2v) is 5.37. The molecule has 1 heterocycles. The molecule has 2 N–H and O–H groups in total. The average molecular weight is 291 g/mol. The van der Waals surface area contributed by atoms with E-state index in [0.717, 1.165) is 32.2 Å². The predicted molar refractivity (Wildman–Crippen MR) is 74.5 cm³/mol. The zero-order chi connectivity index (χ0) is 13.0. The van der Waals surface area contributed by atoms with Gasteiger partial charge < -0.3 is 10.4 Å². The third kappa shape index (κ3) is 4.66. The Morgan fingerprint density at radius 2 is 1.74 bits per heavy atom. The van der Waals surface area contributed by atoms with Crippen LogP contribution in [-0.4, -0.2) is 47.1 Å². The third-order valence-electron chi connectivity index (χ3n) is 3.97. The van der Waals surface area contributed by atoms with Crippen molar-refractivity contribution in [1.29, 1.82) is 0 Å². The Kier molecular flexibility index (Phi) is 6.58. The van der Waals surface area contributed by atoms with Gasteiger partial charge in [0.2, 0.25) is 5.91 Å².